The minimum Gasteiger partial charge on any atom is -0.479 e. The van der Waals surface area contributed by atoms with Crippen LogP contribution in [0.15, 0.2) is 48.5 Å². The Morgan fingerprint density at radius 2 is 1.59 bits per heavy atom. The predicted molar refractivity (Wildman–Crippen MR) is 124 cm³/mol. The summed E-state index contributed by atoms with van der Waals surface area (Å²) in [5, 5.41) is 23.2. The number of hydrogen-bond donors (Lipinski definition) is 4. The molecule has 2 aromatic carbocycles. The van der Waals surface area contributed by atoms with E-state index < -0.39 is 18.2 Å². The lowest BCUT2D eigenvalue weighted by Gasteiger charge is -2.31. The Kier molecular flexibility index (Phi) is 7.44. The van der Waals surface area contributed by atoms with E-state index in [4.69, 9.17) is 9.84 Å². The first-order chi connectivity index (χ1) is 16.4. The van der Waals surface area contributed by atoms with Gasteiger partial charge in [-0.05, 0) is 35.1 Å². The zero-order valence-corrected chi connectivity index (χ0v) is 18.8. The molecule has 0 bridgehead atoms. The summed E-state index contributed by atoms with van der Waals surface area (Å²) in [7, 11) is 0. The third-order valence-corrected chi connectivity index (χ3v) is 6.40. The van der Waals surface area contributed by atoms with E-state index in [-0.39, 0.29) is 37.6 Å². The largest absolute Gasteiger partial charge is 0.479 e. The average Bonchev–Trinajstić information content (AvgIpc) is 3.16. The van der Waals surface area contributed by atoms with Gasteiger partial charge in [-0.15, -0.1) is 0 Å². The zero-order chi connectivity index (χ0) is 24.1. The van der Waals surface area contributed by atoms with Crippen LogP contribution in [0.3, 0.4) is 0 Å². The van der Waals surface area contributed by atoms with Crippen LogP contribution in [-0.2, 0) is 14.3 Å². The zero-order valence-electron chi connectivity index (χ0n) is 18.8. The van der Waals surface area contributed by atoms with Gasteiger partial charge in [-0.3, -0.25) is 9.69 Å². The summed E-state index contributed by atoms with van der Waals surface area (Å²) in [6.45, 7) is 1.28. The Labute approximate surface area is 197 Å². The Hall–Kier alpha value is -3.43. The number of hydrogen-bond acceptors (Lipinski definition) is 6. The van der Waals surface area contributed by atoms with Gasteiger partial charge in [0.2, 0.25) is 5.91 Å². The number of aliphatic carboxylic acids is 1. The van der Waals surface area contributed by atoms with Gasteiger partial charge in [-0.2, -0.15) is 0 Å². The number of carboxylic acid groups (broad SMARTS) is 1. The summed E-state index contributed by atoms with van der Waals surface area (Å²) in [6.07, 6.45) is -0.707. The summed E-state index contributed by atoms with van der Waals surface area (Å²) in [5.74, 6) is -1.71. The molecule has 1 atom stereocenters. The fourth-order valence-corrected chi connectivity index (χ4v) is 4.60. The lowest BCUT2D eigenvalue weighted by atomic mass is 9.98. The highest BCUT2D eigenvalue weighted by molar-refractivity contribution is 5.80. The second-order valence-corrected chi connectivity index (χ2v) is 8.68. The summed E-state index contributed by atoms with van der Waals surface area (Å²) >= 11 is 0. The number of benzene rings is 2. The van der Waals surface area contributed by atoms with E-state index in [1.54, 1.807) is 0 Å². The second kappa shape index (κ2) is 10.7. The number of nitrogens with zero attached hydrogens (tertiary/aromatic N) is 1. The third-order valence-electron chi connectivity index (χ3n) is 6.40. The summed E-state index contributed by atoms with van der Waals surface area (Å²) < 4.78 is 5.61. The van der Waals surface area contributed by atoms with E-state index in [1.165, 1.54) is 22.3 Å². The molecule has 1 unspecified atom stereocenters. The molecule has 9 nitrogen and oxygen atoms in total. The van der Waals surface area contributed by atoms with E-state index in [2.05, 4.69) is 34.9 Å². The number of alkyl carbamates (subject to hydrolysis) is 1. The number of piperidine rings is 1. The number of amides is 2. The molecule has 1 heterocycles. The molecule has 1 saturated heterocycles. The molecule has 1 aliphatic heterocycles. The van der Waals surface area contributed by atoms with Crippen LogP contribution < -0.4 is 10.6 Å². The first kappa shape index (κ1) is 23.7. The molecule has 0 spiro atoms. The summed E-state index contributed by atoms with van der Waals surface area (Å²) in [4.78, 5) is 36.9. The molecular formula is C25H29N3O6. The monoisotopic (exact) mass is 467 g/mol. The normalized spacial score (nSPS) is 16.9. The van der Waals surface area contributed by atoms with Crippen molar-refractivity contribution in [1.82, 2.24) is 15.5 Å². The Bertz CT molecular complexity index is 1000. The molecule has 4 N–H and O–H groups in total. The summed E-state index contributed by atoms with van der Waals surface area (Å²) in [6, 6.07) is 16.3. The maximum Gasteiger partial charge on any atom is 0.407 e. The molecular weight excluding hydrogens is 438 g/mol. The van der Waals surface area contributed by atoms with Crippen LogP contribution in [0.25, 0.3) is 11.1 Å². The van der Waals surface area contributed by atoms with E-state index in [0.717, 1.165) is 0 Å². The van der Waals surface area contributed by atoms with Crippen molar-refractivity contribution in [3.05, 3.63) is 59.7 Å². The maximum atomic E-state index is 12.5. The van der Waals surface area contributed by atoms with Crippen molar-refractivity contribution in [2.24, 2.45) is 0 Å². The van der Waals surface area contributed by atoms with Crippen molar-refractivity contribution in [2.75, 3.05) is 32.8 Å². The quantitative estimate of drug-likeness (QED) is 0.464. The van der Waals surface area contributed by atoms with Crippen LogP contribution in [0.2, 0.25) is 0 Å². The van der Waals surface area contributed by atoms with Crippen LogP contribution >= 0.6 is 0 Å². The molecule has 0 radical (unpaired) electrons. The van der Waals surface area contributed by atoms with Crippen LogP contribution in [0.5, 0.6) is 0 Å². The Balaban J connectivity index is 1.20. The molecule has 9 heteroatoms. The number of rotatable bonds is 8. The van der Waals surface area contributed by atoms with Gasteiger partial charge >= 0.3 is 12.1 Å². The number of ether oxygens (including phenoxy) is 1. The molecule has 0 saturated carbocycles. The van der Waals surface area contributed by atoms with Crippen molar-refractivity contribution >= 4 is 18.0 Å². The number of fused-ring (bicyclic) bond motifs is 3. The van der Waals surface area contributed by atoms with Gasteiger partial charge in [0, 0.05) is 25.0 Å². The van der Waals surface area contributed by atoms with Crippen molar-refractivity contribution in [1.29, 1.82) is 0 Å². The number of nitrogens with one attached hydrogen (secondary N) is 2. The minimum absolute atomic E-state index is 0.0122. The van der Waals surface area contributed by atoms with Gasteiger partial charge in [0.05, 0.1) is 13.1 Å². The second-order valence-electron chi connectivity index (χ2n) is 8.68. The minimum atomic E-state index is -1.61. The van der Waals surface area contributed by atoms with E-state index >= 15 is 0 Å². The fourth-order valence-electron chi connectivity index (χ4n) is 4.60. The molecule has 34 heavy (non-hydrogen) atoms. The highest BCUT2D eigenvalue weighted by atomic mass is 16.5. The highest BCUT2D eigenvalue weighted by Gasteiger charge is 2.29. The SMILES string of the molecule is O=C(CN1CCC(NC(=O)OCC2c3ccccc3-c3ccccc32)CC1)NCC(O)C(=O)O. The number of likely N-dealkylation sites (tertiary alicyclic amines) is 1. The highest BCUT2D eigenvalue weighted by Crippen LogP contribution is 2.44. The molecule has 2 aromatic rings. The Morgan fingerprint density at radius 3 is 2.18 bits per heavy atom. The molecule has 0 aromatic heterocycles. The molecule has 180 valence electrons. The number of aliphatic hydroxyl groups excluding tert-OH is 1. The first-order valence-electron chi connectivity index (χ1n) is 11.4. The maximum absolute atomic E-state index is 12.5. The fraction of sp³-hybridized carbons (Fsp3) is 0.400. The number of aliphatic hydroxyl groups is 1. The molecule has 1 fully saturated rings. The number of carboxylic acids is 1. The van der Waals surface area contributed by atoms with Crippen molar-refractivity contribution in [3.63, 3.8) is 0 Å². The van der Waals surface area contributed by atoms with Crippen LogP contribution in [-0.4, -0.2) is 78.0 Å². The van der Waals surface area contributed by atoms with Gasteiger partial charge in [0.25, 0.3) is 0 Å². The predicted octanol–water partition coefficient (Wildman–Crippen LogP) is 1.55. The van der Waals surface area contributed by atoms with Crippen molar-refractivity contribution in [3.8, 4) is 11.1 Å². The molecule has 2 amide bonds. The Morgan fingerprint density at radius 1 is 1.00 bits per heavy atom. The van der Waals surface area contributed by atoms with E-state index in [0.29, 0.717) is 25.9 Å². The molecule has 1 aliphatic carbocycles. The van der Waals surface area contributed by atoms with Crippen molar-refractivity contribution < 1.29 is 29.3 Å². The van der Waals surface area contributed by atoms with Gasteiger partial charge in [0.1, 0.15) is 6.61 Å². The van der Waals surface area contributed by atoms with Gasteiger partial charge in [-0.25, -0.2) is 9.59 Å². The standard InChI is InChI=1S/C25H29N3O6/c29-22(24(31)32)13-26-23(30)14-28-11-9-16(10-12-28)27-25(33)34-15-21-19-7-3-1-5-17(19)18-6-2-4-8-20(18)21/h1-8,16,21-22,29H,9-15H2,(H,26,30)(H,27,33)(H,31,32). The van der Waals surface area contributed by atoms with E-state index in [9.17, 15) is 19.5 Å². The lowest BCUT2D eigenvalue weighted by molar-refractivity contribution is -0.146. The molecule has 2 aliphatic rings. The van der Waals surface area contributed by atoms with Gasteiger partial charge < -0.3 is 25.6 Å². The van der Waals surface area contributed by atoms with Crippen LogP contribution in [0.1, 0.15) is 29.9 Å². The van der Waals surface area contributed by atoms with Gasteiger partial charge in [-0.1, -0.05) is 48.5 Å². The first-order valence-corrected chi connectivity index (χ1v) is 11.4. The van der Waals surface area contributed by atoms with Gasteiger partial charge in [0.15, 0.2) is 6.10 Å². The third kappa shape index (κ3) is 5.55. The number of carbonyl (C=O) groups excluding carboxylic acids is 2. The molecule has 4 rings (SSSR count). The smallest absolute Gasteiger partial charge is 0.407 e. The van der Waals surface area contributed by atoms with Crippen LogP contribution in [0.4, 0.5) is 4.79 Å². The van der Waals surface area contributed by atoms with Crippen molar-refractivity contribution in [2.45, 2.75) is 30.9 Å². The van der Waals surface area contributed by atoms with E-state index in [1.807, 2.05) is 29.2 Å². The lowest BCUT2D eigenvalue weighted by Crippen LogP contribution is -2.48. The summed E-state index contributed by atoms with van der Waals surface area (Å²) in [5.41, 5.74) is 4.69. The topological polar surface area (TPSA) is 128 Å². The van der Waals surface area contributed by atoms with Crippen LogP contribution in [0, 0.1) is 0 Å². The number of carbonyl (C=O) groups is 3. The average molecular weight is 468 g/mol.